The molecular formula is C25H38N4O4Si. The number of aliphatic hydroxyl groups excluding tert-OH is 1. The summed E-state index contributed by atoms with van der Waals surface area (Å²) in [6.45, 7) is 7.78. The summed E-state index contributed by atoms with van der Waals surface area (Å²) in [6, 6.07) is 8.31. The van der Waals surface area contributed by atoms with Crippen LogP contribution in [0.5, 0.6) is 0 Å². The van der Waals surface area contributed by atoms with Crippen molar-refractivity contribution in [2.75, 3.05) is 18.1 Å². The van der Waals surface area contributed by atoms with Gasteiger partial charge in [-0.25, -0.2) is 0 Å². The van der Waals surface area contributed by atoms with Gasteiger partial charge in [-0.2, -0.15) is 0 Å². The van der Waals surface area contributed by atoms with Crippen LogP contribution in [-0.4, -0.2) is 64.5 Å². The van der Waals surface area contributed by atoms with E-state index in [0.717, 1.165) is 43.6 Å². The van der Waals surface area contributed by atoms with Crippen LogP contribution in [-0.2, 0) is 28.9 Å². The van der Waals surface area contributed by atoms with Crippen LogP contribution in [0.3, 0.4) is 0 Å². The highest BCUT2D eigenvalue weighted by atomic mass is 28.4. The molecule has 2 fully saturated rings. The predicted octanol–water partition coefficient (Wildman–Crippen LogP) is 2.93. The van der Waals surface area contributed by atoms with Crippen LogP contribution in [0.25, 0.3) is 0 Å². The summed E-state index contributed by atoms with van der Waals surface area (Å²) in [5, 5.41) is 17.4. The second-order valence-electron chi connectivity index (χ2n) is 10.3. The molecule has 4 atom stereocenters. The van der Waals surface area contributed by atoms with Gasteiger partial charge in [-0.3, -0.25) is 9.48 Å². The maximum Gasteiger partial charge on any atom is 0.227 e. The molecule has 2 aromatic rings. The van der Waals surface area contributed by atoms with Gasteiger partial charge in [0, 0.05) is 50.0 Å². The Kier molecular flexibility index (Phi) is 7.86. The molecule has 0 unspecified atom stereocenters. The standard InChI is InChI=1S/C25H38N4O4Si/c1-18-22(10-9-19-6-4-7-21(16-19)29-13-5-8-24(29)31)33-23(25(18)34(2,3)32)11-14-28-17-20(12-15-30)26-27-28/h4,6-7,16-18,22-23,25,30,32H,5,8-15H2,1-3H3/t18-,22+,23-,25+/m1/s1. The van der Waals surface area contributed by atoms with Crippen LogP contribution in [0.4, 0.5) is 5.69 Å². The molecule has 34 heavy (non-hydrogen) atoms. The first-order valence-corrected chi connectivity index (χ1v) is 15.6. The fourth-order valence-electron chi connectivity index (χ4n) is 5.73. The average Bonchev–Trinajstić information content (AvgIpc) is 3.50. The van der Waals surface area contributed by atoms with E-state index in [1.165, 1.54) is 5.56 Å². The fraction of sp³-hybridized carbons (Fsp3) is 0.640. The average molecular weight is 487 g/mol. The highest BCUT2D eigenvalue weighted by Gasteiger charge is 2.49. The summed E-state index contributed by atoms with van der Waals surface area (Å²) in [5.74, 6) is 0.488. The fourth-order valence-corrected chi connectivity index (χ4v) is 8.38. The van der Waals surface area contributed by atoms with Gasteiger partial charge in [-0.1, -0.05) is 24.3 Å². The van der Waals surface area contributed by atoms with Crippen molar-refractivity contribution in [1.29, 1.82) is 0 Å². The summed E-state index contributed by atoms with van der Waals surface area (Å²) < 4.78 is 8.37. The van der Waals surface area contributed by atoms with Gasteiger partial charge in [0.05, 0.1) is 17.9 Å². The SMILES string of the molecule is C[C@H]1[C@H]([Si](C)(C)O)[C@@H](CCn2cc(CCO)nn2)O[C@H]1CCc1cccc(N2CCCC2=O)c1. The van der Waals surface area contributed by atoms with Crippen molar-refractivity contribution >= 4 is 19.9 Å². The molecular weight excluding hydrogens is 448 g/mol. The van der Waals surface area contributed by atoms with Crippen molar-refractivity contribution in [2.24, 2.45) is 5.92 Å². The van der Waals surface area contributed by atoms with E-state index in [1.54, 1.807) is 4.68 Å². The number of ether oxygens (including phenoxy) is 1. The van der Waals surface area contributed by atoms with E-state index in [2.05, 4.69) is 29.4 Å². The molecule has 0 saturated carbocycles. The van der Waals surface area contributed by atoms with Gasteiger partial charge in [0.25, 0.3) is 0 Å². The van der Waals surface area contributed by atoms with Gasteiger partial charge < -0.3 is 19.5 Å². The lowest BCUT2D eigenvalue weighted by Gasteiger charge is -2.30. The number of nitrogens with zero attached hydrogens (tertiary/aromatic N) is 4. The van der Waals surface area contributed by atoms with Gasteiger partial charge in [-0.05, 0) is 62.4 Å². The molecule has 0 bridgehead atoms. The number of aromatic nitrogens is 3. The van der Waals surface area contributed by atoms with E-state index in [1.807, 2.05) is 36.3 Å². The third-order valence-corrected chi connectivity index (χ3v) is 9.86. The molecule has 1 aromatic heterocycles. The van der Waals surface area contributed by atoms with E-state index in [9.17, 15) is 9.59 Å². The first kappa shape index (κ1) is 25.0. The number of hydrogen-bond acceptors (Lipinski definition) is 6. The molecule has 1 amide bonds. The van der Waals surface area contributed by atoms with Crippen LogP contribution in [0, 0.1) is 5.92 Å². The number of amides is 1. The number of carbonyl (C=O) groups excluding carboxylic acids is 1. The molecule has 1 aromatic carbocycles. The van der Waals surface area contributed by atoms with E-state index in [0.29, 0.717) is 19.4 Å². The Balaban J connectivity index is 1.38. The largest absolute Gasteiger partial charge is 0.432 e. The Morgan fingerprint density at radius 2 is 2.03 bits per heavy atom. The van der Waals surface area contributed by atoms with E-state index < -0.39 is 8.32 Å². The maximum absolute atomic E-state index is 12.1. The van der Waals surface area contributed by atoms with Crippen LogP contribution < -0.4 is 4.90 Å². The lowest BCUT2D eigenvalue weighted by Crippen LogP contribution is -2.40. The highest BCUT2D eigenvalue weighted by molar-refractivity contribution is 6.71. The third-order valence-electron chi connectivity index (χ3n) is 7.33. The summed E-state index contributed by atoms with van der Waals surface area (Å²) >= 11 is 0. The Bertz CT molecular complexity index is 976. The van der Waals surface area contributed by atoms with Crippen molar-refractivity contribution in [3.8, 4) is 0 Å². The monoisotopic (exact) mass is 486 g/mol. The van der Waals surface area contributed by atoms with Crippen LogP contribution in [0.1, 0.15) is 43.9 Å². The lowest BCUT2D eigenvalue weighted by molar-refractivity contribution is -0.117. The number of anilines is 1. The Morgan fingerprint density at radius 1 is 1.21 bits per heavy atom. The molecule has 0 spiro atoms. The predicted molar refractivity (Wildman–Crippen MR) is 133 cm³/mol. The molecule has 8 nitrogen and oxygen atoms in total. The Morgan fingerprint density at radius 3 is 2.74 bits per heavy atom. The van der Waals surface area contributed by atoms with Crippen molar-refractivity contribution < 1.29 is 19.4 Å². The summed E-state index contributed by atoms with van der Waals surface area (Å²) in [6.07, 6.45) is 6.57. The third kappa shape index (κ3) is 5.76. The minimum atomic E-state index is -2.43. The Labute approximate surface area is 203 Å². The summed E-state index contributed by atoms with van der Waals surface area (Å²) in [4.78, 5) is 25.1. The molecule has 9 heteroatoms. The number of benzene rings is 1. The molecule has 186 valence electrons. The second kappa shape index (κ2) is 10.7. The number of carbonyl (C=O) groups is 1. The number of hydrogen-bond donors (Lipinski definition) is 2. The van der Waals surface area contributed by atoms with Gasteiger partial charge in [-0.15, -0.1) is 5.10 Å². The van der Waals surface area contributed by atoms with E-state index in [-0.39, 0.29) is 36.2 Å². The molecule has 2 aliphatic heterocycles. The molecule has 2 saturated heterocycles. The molecule has 4 rings (SSSR count). The van der Waals surface area contributed by atoms with Gasteiger partial charge >= 0.3 is 0 Å². The summed E-state index contributed by atoms with van der Waals surface area (Å²) in [7, 11) is -2.43. The maximum atomic E-state index is 12.1. The van der Waals surface area contributed by atoms with E-state index in [4.69, 9.17) is 9.84 Å². The van der Waals surface area contributed by atoms with Crippen molar-refractivity contribution in [1.82, 2.24) is 15.0 Å². The highest BCUT2D eigenvalue weighted by Crippen LogP contribution is 2.45. The smallest absolute Gasteiger partial charge is 0.227 e. The Hall–Kier alpha value is -2.07. The van der Waals surface area contributed by atoms with Gasteiger partial charge in [0.15, 0.2) is 8.32 Å². The van der Waals surface area contributed by atoms with E-state index >= 15 is 0 Å². The van der Waals surface area contributed by atoms with Crippen LogP contribution >= 0.6 is 0 Å². The number of rotatable bonds is 10. The number of aryl methyl sites for hydroxylation is 2. The zero-order valence-electron chi connectivity index (χ0n) is 20.6. The number of aliphatic hydroxyl groups is 1. The molecule has 3 heterocycles. The van der Waals surface area contributed by atoms with Crippen molar-refractivity contribution in [3.05, 3.63) is 41.7 Å². The lowest BCUT2D eigenvalue weighted by atomic mass is 9.95. The molecule has 2 N–H and O–H groups in total. The topological polar surface area (TPSA) is 101 Å². The van der Waals surface area contributed by atoms with Gasteiger partial charge in [0.2, 0.25) is 5.91 Å². The first-order valence-electron chi connectivity index (χ1n) is 12.5. The minimum absolute atomic E-state index is 0.00860. The minimum Gasteiger partial charge on any atom is -0.432 e. The summed E-state index contributed by atoms with van der Waals surface area (Å²) in [5.41, 5.74) is 3.15. The zero-order chi connectivity index (χ0) is 24.3. The molecule has 0 radical (unpaired) electrons. The van der Waals surface area contributed by atoms with Gasteiger partial charge in [0.1, 0.15) is 0 Å². The van der Waals surface area contributed by atoms with Crippen molar-refractivity contribution in [3.63, 3.8) is 0 Å². The van der Waals surface area contributed by atoms with Crippen molar-refractivity contribution in [2.45, 2.75) is 82.8 Å². The van der Waals surface area contributed by atoms with Crippen LogP contribution in [0.2, 0.25) is 18.6 Å². The quantitative estimate of drug-likeness (QED) is 0.501. The van der Waals surface area contributed by atoms with Crippen LogP contribution in [0.15, 0.2) is 30.5 Å². The molecule has 2 aliphatic rings. The second-order valence-corrected chi connectivity index (χ2v) is 14.3. The first-order chi connectivity index (χ1) is 16.3. The normalized spacial score (nSPS) is 25.4. The molecule has 0 aliphatic carbocycles. The zero-order valence-corrected chi connectivity index (χ0v) is 21.6.